The largest absolute Gasteiger partial charge is 0.496 e. The molecule has 3 aromatic carbocycles. The molecule has 10 nitrogen and oxygen atoms in total. The van der Waals surface area contributed by atoms with Crippen molar-refractivity contribution in [3.8, 4) is 45.8 Å². The zero-order valence-corrected chi connectivity index (χ0v) is 22.6. The Morgan fingerprint density at radius 3 is 1.97 bits per heavy atom. The summed E-state index contributed by atoms with van der Waals surface area (Å²) in [6.07, 6.45) is 0. The lowest BCUT2D eigenvalue weighted by Crippen LogP contribution is -2.17. The Hall–Kier alpha value is -4.09. The van der Waals surface area contributed by atoms with E-state index in [-0.39, 0.29) is 55.2 Å². The van der Waals surface area contributed by atoms with Gasteiger partial charge in [0, 0.05) is 22.7 Å². The molecule has 1 heterocycles. The van der Waals surface area contributed by atoms with Crippen LogP contribution >= 0.6 is 11.6 Å². The molecule has 4 rings (SSSR count). The molecular formula is C26H23ClO10S. The second-order valence-corrected chi connectivity index (χ2v) is 9.68. The molecule has 4 aromatic rings. The van der Waals surface area contributed by atoms with Crippen LogP contribution in [0.4, 0.5) is 0 Å². The van der Waals surface area contributed by atoms with Crippen LogP contribution < -0.4 is 33.3 Å². The van der Waals surface area contributed by atoms with E-state index >= 15 is 0 Å². The quantitative estimate of drug-likeness (QED) is 0.260. The van der Waals surface area contributed by atoms with Gasteiger partial charge in [0.15, 0.2) is 17.3 Å². The van der Waals surface area contributed by atoms with Crippen LogP contribution in [0.2, 0.25) is 5.02 Å². The molecule has 0 atom stereocenters. The predicted octanol–water partition coefficient (Wildman–Crippen LogP) is 4.92. The van der Waals surface area contributed by atoms with Crippen LogP contribution in [0, 0.1) is 0 Å². The fourth-order valence-electron chi connectivity index (χ4n) is 3.78. The van der Waals surface area contributed by atoms with Gasteiger partial charge in [0.05, 0.1) is 35.5 Å². The molecule has 0 saturated carbocycles. The smallest absolute Gasteiger partial charge is 0.339 e. The van der Waals surface area contributed by atoms with Gasteiger partial charge in [-0.15, -0.1) is 0 Å². The number of halogens is 1. The van der Waals surface area contributed by atoms with Crippen LogP contribution in [-0.2, 0) is 10.1 Å². The van der Waals surface area contributed by atoms with E-state index in [0.29, 0.717) is 5.75 Å². The van der Waals surface area contributed by atoms with E-state index in [1.54, 1.807) is 0 Å². The zero-order chi connectivity index (χ0) is 27.6. The lowest BCUT2D eigenvalue weighted by Gasteiger charge is -2.16. The highest BCUT2D eigenvalue weighted by Crippen LogP contribution is 2.44. The SMILES string of the molecule is COc1cc(OC)c2c(=O)c(OS(=O)(=O)c3cccc(Cl)c3)c(-c3cc(OC)c(OC)c(OC)c3)oc2c1. The summed E-state index contributed by atoms with van der Waals surface area (Å²) in [6, 6.07) is 11.3. The van der Waals surface area contributed by atoms with Crippen LogP contribution in [-0.4, -0.2) is 44.0 Å². The Morgan fingerprint density at radius 1 is 0.763 bits per heavy atom. The van der Waals surface area contributed by atoms with Crippen LogP contribution in [0.1, 0.15) is 0 Å². The van der Waals surface area contributed by atoms with Crippen molar-refractivity contribution >= 4 is 32.7 Å². The molecule has 0 spiro atoms. The maximum Gasteiger partial charge on any atom is 0.339 e. The first-order valence-electron chi connectivity index (χ1n) is 10.9. The highest BCUT2D eigenvalue weighted by Gasteiger charge is 2.28. The van der Waals surface area contributed by atoms with Crippen molar-refractivity contribution in [3.63, 3.8) is 0 Å². The lowest BCUT2D eigenvalue weighted by atomic mass is 10.1. The summed E-state index contributed by atoms with van der Waals surface area (Å²) in [5.74, 6) is 0.341. The van der Waals surface area contributed by atoms with Crippen LogP contribution in [0.15, 0.2) is 62.6 Å². The highest BCUT2D eigenvalue weighted by atomic mass is 35.5. The molecular weight excluding hydrogens is 540 g/mol. The monoisotopic (exact) mass is 562 g/mol. The van der Waals surface area contributed by atoms with Gasteiger partial charge in [-0.2, -0.15) is 8.42 Å². The molecule has 200 valence electrons. The number of hydrogen-bond donors (Lipinski definition) is 0. The lowest BCUT2D eigenvalue weighted by molar-refractivity contribution is 0.324. The van der Waals surface area contributed by atoms with Gasteiger partial charge in [0.1, 0.15) is 27.4 Å². The third-order valence-electron chi connectivity index (χ3n) is 5.55. The average Bonchev–Trinajstić information content (AvgIpc) is 2.92. The number of benzene rings is 3. The molecule has 0 bridgehead atoms. The minimum absolute atomic E-state index is 0.0548. The van der Waals surface area contributed by atoms with Crippen LogP contribution in [0.3, 0.4) is 0 Å². The summed E-state index contributed by atoms with van der Waals surface area (Å²) in [5, 5.41) is 0.111. The van der Waals surface area contributed by atoms with E-state index in [1.807, 2.05) is 0 Å². The molecule has 0 fully saturated rings. The van der Waals surface area contributed by atoms with Crippen molar-refractivity contribution in [2.45, 2.75) is 4.90 Å². The van der Waals surface area contributed by atoms with Gasteiger partial charge in [-0.05, 0) is 30.3 Å². The third kappa shape index (κ3) is 4.90. The van der Waals surface area contributed by atoms with Crippen LogP contribution in [0.5, 0.6) is 34.5 Å². The summed E-state index contributed by atoms with van der Waals surface area (Å²) in [6.45, 7) is 0. The second kappa shape index (κ2) is 10.7. The molecule has 0 N–H and O–H groups in total. The van der Waals surface area contributed by atoms with E-state index in [9.17, 15) is 13.2 Å². The maximum absolute atomic E-state index is 13.8. The molecule has 1 aromatic heterocycles. The number of ether oxygens (including phenoxy) is 5. The molecule has 0 amide bonds. The van der Waals surface area contributed by atoms with Crippen molar-refractivity contribution < 1.29 is 40.7 Å². The van der Waals surface area contributed by atoms with Gasteiger partial charge in [0.25, 0.3) is 0 Å². The van der Waals surface area contributed by atoms with Crippen LogP contribution in [0.25, 0.3) is 22.3 Å². The third-order valence-corrected chi connectivity index (χ3v) is 7.00. The summed E-state index contributed by atoms with van der Waals surface area (Å²) in [5.41, 5.74) is -0.542. The molecule has 38 heavy (non-hydrogen) atoms. The van der Waals surface area contributed by atoms with Gasteiger partial charge in [-0.25, -0.2) is 0 Å². The van der Waals surface area contributed by atoms with E-state index in [2.05, 4.69) is 0 Å². The normalized spacial score (nSPS) is 11.2. The number of hydrogen-bond acceptors (Lipinski definition) is 10. The number of fused-ring (bicyclic) bond motifs is 1. The first-order valence-corrected chi connectivity index (χ1v) is 12.7. The molecule has 0 aliphatic heterocycles. The van der Waals surface area contributed by atoms with E-state index in [4.69, 9.17) is 43.9 Å². The number of methoxy groups -OCH3 is 5. The van der Waals surface area contributed by atoms with E-state index in [0.717, 1.165) is 0 Å². The van der Waals surface area contributed by atoms with Crippen molar-refractivity contribution in [3.05, 3.63) is 63.8 Å². The molecule has 12 heteroatoms. The Labute approximate surface area is 223 Å². The van der Waals surface area contributed by atoms with Crippen molar-refractivity contribution in [1.29, 1.82) is 0 Å². The second-order valence-electron chi connectivity index (χ2n) is 7.70. The first-order chi connectivity index (χ1) is 18.2. The predicted molar refractivity (Wildman–Crippen MR) is 140 cm³/mol. The maximum atomic E-state index is 13.8. The van der Waals surface area contributed by atoms with Gasteiger partial charge < -0.3 is 32.3 Å². The summed E-state index contributed by atoms with van der Waals surface area (Å²) >= 11 is 5.99. The van der Waals surface area contributed by atoms with E-state index < -0.39 is 21.3 Å². The topological polar surface area (TPSA) is 120 Å². The molecule has 0 radical (unpaired) electrons. The van der Waals surface area contributed by atoms with E-state index in [1.165, 1.54) is 84.1 Å². The number of rotatable bonds is 9. The standard InChI is InChI=1S/C26H23ClO10S/c1-31-16-12-18(32-2)22-19(13-16)36-24(14-9-20(33-3)25(35-5)21(10-14)34-4)26(23(22)28)37-38(29,30)17-8-6-7-15(27)11-17/h6-13H,1-5H3. The van der Waals surface area contributed by atoms with Gasteiger partial charge in [0.2, 0.25) is 16.9 Å². The Kier molecular flexibility index (Phi) is 7.61. The molecule has 0 saturated heterocycles. The summed E-state index contributed by atoms with van der Waals surface area (Å²) in [7, 11) is 2.51. The fraction of sp³-hybridized carbons (Fsp3) is 0.192. The average molecular weight is 563 g/mol. The van der Waals surface area contributed by atoms with Crippen molar-refractivity contribution in [1.82, 2.24) is 0 Å². The van der Waals surface area contributed by atoms with Gasteiger partial charge in [-0.1, -0.05) is 17.7 Å². The molecule has 0 aliphatic rings. The fourth-order valence-corrected chi connectivity index (χ4v) is 5.02. The van der Waals surface area contributed by atoms with Crippen molar-refractivity contribution in [2.24, 2.45) is 0 Å². The highest BCUT2D eigenvalue weighted by molar-refractivity contribution is 7.87. The van der Waals surface area contributed by atoms with Gasteiger partial charge >= 0.3 is 10.1 Å². The summed E-state index contributed by atoms with van der Waals surface area (Å²) < 4.78 is 64.9. The van der Waals surface area contributed by atoms with Gasteiger partial charge in [-0.3, -0.25) is 4.79 Å². The Morgan fingerprint density at radius 2 is 1.42 bits per heavy atom. The first kappa shape index (κ1) is 27.0. The summed E-state index contributed by atoms with van der Waals surface area (Å²) in [4.78, 5) is 13.6. The zero-order valence-electron chi connectivity index (χ0n) is 21.0. The minimum Gasteiger partial charge on any atom is -0.496 e. The Bertz CT molecular complexity index is 1650. The van der Waals surface area contributed by atoms with Crippen molar-refractivity contribution in [2.75, 3.05) is 35.5 Å². The molecule has 0 unspecified atom stereocenters. The molecule has 0 aliphatic carbocycles. The Balaban J connectivity index is 2.08. The minimum atomic E-state index is -4.53.